The number of aromatic nitrogens is 1. The van der Waals surface area contributed by atoms with Gasteiger partial charge in [0.25, 0.3) is 5.56 Å². The molecule has 0 bridgehead atoms. The zero-order chi connectivity index (χ0) is 21.3. The van der Waals surface area contributed by atoms with Crippen molar-refractivity contribution in [1.82, 2.24) is 4.57 Å². The summed E-state index contributed by atoms with van der Waals surface area (Å²) in [6.07, 6.45) is 1.85. The van der Waals surface area contributed by atoms with Gasteiger partial charge in [-0.2, -0.15) is 0 Å². The molecule has 0 N–H and O–H groups in total. The van der Waals surface area contributed by atoms with Crippen LogP contribution in [0.2, 0.25) is 0 Å². The molecule has 1 aliphatic heterocycles. The Morgan fingerprint density at radius 2 is 1.90 bits per heavy atom. The Labute approximate surface area is 185 Å². The van der Waals surface area contributed by atoms with Crippen molar-refractivity contribution < 1.29 is 9.53 Å². The molecule has 152 valence electrons. The first-order chi connectivity index (χ1) is 14.5. The molecule has 3 aromatic rings. The Hall–Kier alpha value is -2.77. The number of hydrogen-bond acceptors (Lipinski definition) is 5. The molecule has 0 saturated heterocycles. The quantitative estimate of drug-likeness (QED) is 0.534. The fraction of sp³-hybridized carbons (Fsp3) is 0.174. The Kier molecular flexibility index (Phi) is 5.83. The van der Waals surface area contributed by atoms with Gasteiger partial charge >= 0.3 is 5.97 Å². The van der Waals surface area contributed by atoms with Gasteiger partial charge in [-0.25, -0.2) is 9.79 Å². The standard InChI is InChI=1S/C23H19BrN2O3S/c1-3-29-22(28)19-14(2)25-23-26(20(19)16-7-5-4-6-8-16)21(27)18(30-23)13-15-9-11-17(24)12-10-15/h4-13,20H,3H2,1-2H3/b18-13-/t20-/m1/s1. The van der Waals surface area contributed by atoms with Gasteiger partial charge in [-0.15, -0.1) is 0 Å². The summed E-state index contributed by atoms with van der Waals surface area (Å²) >= 11 is 4.74. The molecule has 2 heterocycles. The maximum absolute atomic E-state index is 13.4. The predicted molar refractivity (Wildman–Crippen MR) is 121 cm³/mol. The summed E-state index contributed by atoms with van der Waals surface area (Å²) < 4.78 is 8.43. The Balaban J connectivity index is 1.94. The van der Waals surface area contributed by atoms with E-state index in [1.54, 1.807) is 18.4 Å². The van der Waals surface area contributed by atoms with E-state index in [4.69, 9.17) is 4.74 Å². The number of carbonyl (C=O) groups excluding carboxylic acids is 1. The van der Waals surface area contributed by atoms with E-state index in [0.29, 0.717) is 20.6 Å². The summed E-state index contributed by atoms with van der Waals surface area (Å²) in [5.41, 5.74) is 2.54. The first-order valence-corrected chi connectivity index (χ1v) is 11.1. The van der Waals surface area contributed by atoms with E-state index in [0.717, 1.165) is 15.6 Å². The highest BCUT2D eigenvalue weighted by Crippen LogP contribution is 2.30. The fourth-order valence-electron chi connectivity index (χ4n) is 3.45. The van der Waals surface area contributed by atoms with Gasteiger partial charge in [-0.1, -0.05) is 69.7 Å². The van der Waals surface area contributed by atoms with E-state index < -0.39 is 12.0 Å². The minimum Gasteiger partial charge on any atom is -0.463 e. The van der Waals surface area contributed by atoms with Gasteiger partial charge in [0.05, 0.1) is 28.5 Å². The molecule has 1 atom stereocenters. The SMILES string of the molecule is CCOC(=O)C1=C(C)N=c2s/c(=C\c3ccc(Br)cc3)c(=O)n2[C@@H]1c1ccccc1. The number of rotatable bonds is 4. The molecule has 30 heavy (non-hydrogen) atoms. The summed E-state index contributed by atoms with van der Waals surface area (Å²) in [5.74, 6) is -0.449. The molecule has 0 saturated carbocycles. The first kappa shape index (κ1) is 20.5. The number of esters is 1. The molecule has 5 nitrogen and oxygen atoms in total. The lowest BCUT2D eigenvalue weighted by atomic mass is 9.96. The third-order valence-electron chi connectivity index (χ3n) is 4.80. The van der Waals surface area contributed by atoms with Crippen molar-refractivity contribution >= 4 is 39.3 Å². The summed E-state index contributed by atoms with van der Waals surface area (Å²) in [6, 6.07) is 16.7. The highest BCUT2D eigenvalue weighted by molar-refractivity contribution is 9.10. The number of hydrogen-bond donors (Lipinski definition) is 0. The van der Waals surface area contributed by atoms with E-state index in [9.17, 15) is 9.59 Å². The van der Waals surface area contributed by atoms with Crippen molar-refractivity contribution in [3.8, 4) is 0 Å². The number of carbonyl (C=O) groups is 1. The van der Waals surface area contributed by atoms with Gasteiger partial charge in [0.2, 0.25) is 0 Å². The molecule has 7 heteroatoms. The average Bonchev–Trinajstić information content (AvgIpc) is 3.04. The number of halogens is 1. The molecule has 0 spiro atoms. The van der Waals surface area contributed by atoms with Gasteiger partial charge in [0.1, 0.15) is 0 Å². The molecule has 1 aliphatic rings. The summed E-state index contributed by atoms with van der Waals surface area (Å²) in [5, 5.41) is 0. The molecular formula is C23H19BrN2O3S. The number of benzene rings is 2. The number of allylic oxidation sites excluding steroid dienone is 1. The highest BCUT2D eigenvalue weighted by Gasteiger charge is 2.33. The van der Waals surface area contributed by atoms with Crippen LogP contribution in [0.3, 0.4) is 0 Å². The van der Waals surface area contributed by atoms with Gasteiger partial charge in [-0.3, -0.25) is 9.36 Å². The number of fused-ring (bicyclic) bond motifs is 1. The smallest absolute Gasteiger partial charge is 0.338 e. The summed E-state index contributed by atoms with van der Waals surface area (Å²) in [6.45, 7) is 3.80. The van der Waals surface area contributed by atoms with Gasteiger partial charge in [0.15, 0.2) is 4.80 Å². The average molecular weight is 483 g/mol. The van der Waals surface area contributed by atoms with Crippen LogP contribution in [0, 0.1) is 0 Å². The number of ether oxygens (including phenoxy) is 1. The monoisotopic (exact) mass is 482 g/mol. The van der Waals surface area contributed by atoms with Gasteiger partial charge < -0.3 is 4.74 Å². The molecule has 0 aliphatic carbocycles. The van der Waals surface area contributed by atoms with E-state index in [-0.39, 0.29) is 12.2 Å². The summed E-state index contributed by atoms with van der Waals surface area (Å²) in [4.78, 5) is 31.3. The van der Waals surface area contributed by atoms with Crippen LogP contribution in [0.25, 0.3) is 6.08 Å². The lowest BCUT2D eigenvalue weighted by Crippen LogP contribution is -2.39. The minimum absolute atomic E-state index is 0.176. The zero-order valence-corrected chi connectivity index (χ0v) is 18.9. The number of nitrogens with zero attached hydrogens (tertiary/aromatic N) is 2. The first-order valence-electron chi connectivity index (χ1n) is 9.49. The predicted octanol–water partition coefficient (Wildman–Crippen LogP) is 3.56. The second-order valence-electron chi connectivity index (χ2n) is 6.76. The van der Waals surface area contributed by atoms with E-state index >= 15 is 0 Å². The largest absolute Gasteiger partial charge is 0.463 e. The van der Waals surface area contributed by atoms with Crippen molar-refractivity contribution in [2.45, 2.75) is 19.9 Å². The second kappa shape index (κ2) is 8.53. The highest BCUT2D eigenvalue weighted by atomic mass is 79.9. The molecule has 2 aromatic carbocycles. The van der Waals surface area contributed by atoms with E-state index in [1.807, 2.05) is 60.7 Å². The van der Waals surface area contributed by atoms with Crippen LogP contribution in [-0.2, 0) is 9.53 Å². The van der Waals surface area contributed by atoms with Crippen LogP contribution < -0.4 is 14.9 Å². The zero-order valence-electron chi connectivity index (χ0n) is 16.5. The van der Waals surface area contributed by atoms with E-state index in [1.165, 1.54) is 11.3 Å². The van der Waals surface area contributed by atoms with Crippen molar-refractivity contribution in [2.75, 3.05) is 6.61 Å². The molecule has 0 unspecified atom stereocenters. The second-order valence-corrected chi connectivity index (χ2v) is 8.69. The fourth-order valence-corrected chi connectivity index (χ4v) is 4.76. The third kappa shape index (κ3) is 3.82. The minimum atomic E-state index is -0.575. The van der Waals surface area contributed by atoms with Crippen LogP contribution in [-0.4, -0.2) is 17.1 Å². The lowest BCUT2D eigenvalue weighted by molar-refractivity contribution is -0.139. The van der Waals surface area contributed by atoms with Crippen LogP contribution >= 0.6 is 27.3 Å². The molecule has 1 aromatic heterocycles. The Morgan fingerprint density at radius 3 is 2.57 bits per heavy atom. The van der Waals surface area contributed by atoms with Crippen LogP contribution in [0.1, 0.15) is 31.0 Å². The van der Waals surface area contributed by atoms with E-state index in [2.05, 4.69) is 20.9 Å². The van der Waals surface area contributed by atoms with Crippen molar-refractivity contribution in [2.24, 2.45) is 4.99 Å². The lowest BCUT2D eigenvalue weighted by Gasteiger charge is -2.24. The topological polar surface area (TPSA) is 60.7 Å². The van der Waals surface area contributed by atoms with Crippen molar-refractivity contribution in [1.29, 1.82) is 0 Å². The maximum Gasteiger partial charge on any atom is 0.338 e. The number of thiazole rings is 1. The van der Waals surface area contributed by atoms with Gasteiger partial charge in [-0.05, 0) is 43.2 Å². The van der Waals surface area contributed by atoms with Gasteiger partial charge in [0, 0.05) is 4.47 Å². The molecule has 0 radical (unpaired) electrons. The molecular weight excluding hydrogens is 464 g/mol. The summed E-state index contributed by atoms with van der Waals surface area (Å²) in [7, 11) is 0. The Morgan fingerprint density at radius 1 is 1.20 bits per heavy atom. The molecule has 0 fully saturated rings. The molecule has 0 amide bonds. The van der Waals surface area contributed by atoms with Crippen LogP contribution in [0.4, 0.5) is 0 Å². The molecule has 4 rings (SSSR count). The maximum atomic E-state index is 13.4. The van der Waals surface area contributed by atoms with Crippen molar-refractivity contribution in [3.63, 3.8) is 0 Å². The Bertz CT molecular complexity index is 1310. The normalized spacial score (nSPS) is 16.2. The van der Waals surface area contributed by atoms with Crippen LogP contribution in [0.15, 0.2) is 80.1 Å². The van der Waals surface area contributed by atoms with Crippen molar-refractivity contribution in [3.05, 3.63) is 101 Å². The third-order valence-corrected chi connectivity index (χ3v) is 6.31. The van der Waals surface area contributed by atoms with Crippen LogP contribution in [0.5, 0.6) is 0 Å².